The molecule has 0 atom stereocenters. The minimum Gasteiger partial charge on any atom is -0.484 e. The molecular weight excluding hydrogens is 419 g/mol. The van der Waals surface area contributed by atoms with E-state index in [1.54, 1.807) is 4.90 Å². The van der Waals surface area contributed by atoms with E-state index in [9.17, 15) is 17.6 Å². The first kappa shape index (κ1) is 21.5. The molecule has 3 rings (SSSR count). The molecule has 0 radical (unpaired) electrons. The van der Waals surface area contributed by atoms with Gasteiger partial charge in [0.1, 0.15) is 11.6 Å². The SMILES string of the molecule is O=C(COc1ccc(F)c(Cl)c1)N1CCC(S(=O)(=O)NCc2ccccc2)CC1. The summed E-state index contributed by atoms with van der Waals surface area (Å²) in [6, 6.07) is 13.2. The smallest absolute Gasteiger partial charge is 0.260 e. The largest absolute Gasteiger partial charge is 0.484 e. The van der Waals surface area contributed by atoms with Crippen LogP contribution in [-0.4, -0.2) is 44.2 Å². The van der Waals surface area contributed by atoms with Gasteiger partial charge in [-0.2, -0.15) is 0 Å². The monoisotopic (exact) mass is 440 g/mol. The third kappa shape index (κ3) is 5.91. The maximum atomic E-state index is 13.2. The first-order chi connectivity index (χ1) is 13.8. The van der Waals surface area contributed by atoms with E-state index in [4.69, 9.17) is 16.3 Å². The molecule has 0 spiro atoms. The normalized spacial score (nSPS) is 15.3. The molecule has 1 fully saturated rings. The van der Waals surface area contributed by atoms with Gasteiger partial charge in [-0.15, -0.1) is 0 Å². The lowest BCUT2D eigenvalue weighted by molar-refractivity contribution is -0.134. The van der Waals surface area contributed by atoms with E-state index < -0.39 is 21.1 Å². The minimum atomic E-state index is -3.46. The summed E-state index contributed by atoms with van der Waals surface area (Å²) in [5.74, 6) is -0.514. The van der Waals surface area contributed by atoms with Gasteiger partial charge in [-0.25, -0.2) is 17.5 Å². The predicted octanol–water partition coefficient (Wildman–Crippen LogP) is 2.97. The van der Waals surface area contributed by atoms with Crippen LogP contribution in [0.3, 0.4) is 0 Å². The lowest BCUT2D eigenvalue weighted by atomic mass is 10.1. The van der Waals surface area contributed by atoms with Crippen molar-refractivity contribution in [1.82, 2.24) is 9.62 Å². The van der Waals surface area contributed by atoms with Gasteiger partial charge in [-0.05, 0) is 30.5 Å². The standard InChI is InChI=1S/C20H22ClFN2O4S/c21-18-12-16(6-7-19(18)22)28-14-20(25)24-10-8-17(9-11-24)29(26,27)23-13-15-4-2-1-3-5-15/h1-7,12,17,23H,8-11,13-14H2. The van der Waals surface area contributed by atoms with Crippen LogP contribution >= 0.6 is 11.6 Å². The highest BCUT2D eigenvalue weighted by atomic mass is 35.5. The predicted molar refractivity (Wildman–Crippen MR) is 109 cm³/mol. The van der Waals surface area contributed by atoms with Crippen LogP contribution in [0, 0.1) is 5.82 Å². The van der Waals surface area contributed by atoms with Crippen molar-refractivity contribution in [3.05, 3.63) is 64.9 Å². The Bertz CT molecular complexity index is 948. The lowest BCUT2D eigenvalue weighted by Gasteiger charge is -2.31. The third-order valence-electron chi connectivity index (χ3n) is 4.81. The number of piperidine rings is 1. The van der Waals surface area contributed by atoms with Crippen molar-refractivity contribution in [2.45, 2.75) is 24.6 Å². The zero-order valence-electron chi connectivity index (χ0n) is 15.7. The van der Waals surface area contributed by atoms with E-state index in [2.05, 4.69) is 4.72 Å². The molecule has 0 aliphatic carbocycles. The molecule has 2 aromatic rings. The van der Waals surface area contributed by atoms with E-state index in [1.165, 1.54) is 18.2 Å². The number of sulfonamides is 1. The third-order valence-corrected chi connectivity index (χ3v) is 6.99. The number of benzene rings is 2. The Balaban J connectivity index is 1.46. The van der Waals surface area contributed by atoms with Crippen LogP contribution in [0.5, 0.6) is 5.75 Å². The number of ether oxygens (including phenoxy) is 1. The molecule has 0 saturated carbocycles. The minimum absolute atomic E-state index is 0.0797. The van der Waals surface area contributed by atoms with Crippen molar-refractivity contribution >= 4 is 27.5 Å². The van der Waals surface area contributed by atoms with Gasteiger partial charge < -0.3 is 9.64 Å². The highest BCUT2D eigenvalue weighted by Crippen LogP contribution is 2.22. The van der Waals surface area contributed by atoms with Crippen molar-refractivity contribution in [2.24, 2.45) is 0 Å². The number of nitrogens with one attached hydrogen (secondary N) is 1. The van der Waals surface area contributed by atoms with Crippen LogP contribution in [0.1, 0.15) is 18.4 Å². The van der Waals surface area contributed by atoms with Gasteiger partial charge in [0.25, 0.3) is 5.91 Å². The fourth-order valence-electron chi connectivity index (χ4n) is 3.12. The van der Waals surface area contributed by atoms with E-state index >= 15 is 0 Å². The van der Waals surface area contributed by atoms with Crippen molar-refractivity contribution in [3.63, 3.8) is 0 Å². The Hall–Kier alpha value is -2.16. The summed E-state index contributed by atoms with van der Waals surface area (Å²) < 4.78 is 46.2. The van der Waals surface area contributed by atoms with Gasteiger partial charge in [0.2, 0.25) is 10.0 Å². The summed E-state index contributed by atoms with van der Waals surface area (Å²) in [6.45, 7) is 0.703. The van der Waals surface area contributed by atoms with Crippen molar-refractivity contribution in [1.29, 1.82) is 0 Å². The zero-order chi connectivity index (χ0) is 20.9. The van der Waals surface area contributed by atoms with Crippen molar-refractivity contribution < 1.29 is 22.3 Å². The topological polar surface area (TPSA) is 75.7 Å². The van der Waals surface area contributed by atoms with Crippen LogP contribution in [0.2, 0.25) is 5.02 Å². The average Bonchev–Trinajstić information content (AvgIpc) is 2.74. The van der Waals surface area contributed by atoms with Crippen LogP contribution in [0.4, 0.5) is 4.39 Å². The average molecular weight is 441 g/mol. The molecule has 0 aromatic heterocycles. The summed E-state index contributed by atoms with van der Waals surface area (Å²) >= 11 is 5.69. The van der Waals surface area contributed by atoms with Crippen LogP contribution in [0.25, 0.3) is 0 Å². The highest BCUT2D eigenvalue weighted by molar-refractivity contribution is 7.90. The maximum absolute atomic E-state index is 13.2. The molecule has 1 amide bonds. The van der Waals surface area contributed by atoms with Crippen LogP contribution in [0.15, 0.2) is 48.5 Å². The number of nitrogens with zero attached hydrogens (tertiary/aromatic N) is 1. The van der Waals surface area contributed by atoms with E-state index in [1.807, 2.05) is 30.3 Å². The first-order valence-electron chi connectivity index (χ1n) is 9.23. The van der Waals surface area contributed by atoms with Crippen LogP contribution in [-0.2, 0) is 21.4 Å². The van der Waals surface area contributed by atoms with Crippen LogP contribution < -0.4 is 9.46 Å². The Morgan fingerprint density at radius 2 is 1.86 bits per heavy atom. The number of carbonyl (C=O) groups excluding carboxylic acids is 1. The zero-order valence-corrected chi connectivity index (χ0v) is 17.3. The molecule has 1 saturated heterocycles. The van der Waals surface area contributed by atoms with E-state index in [0.29, 0.717) is 31.7 Å². The molecule has 9 heteroatoms. The number of likely N-dealkylation sites (tertiary alicyclic amines) is 1. The second-order valence-corrected chi connectivity index (χ2v) is 9.25. The molecule has 0 unspecified atom stereocenters. The Labute approximate surface area is 174 Å². The Morgan fingerprint density at radius 1 is 1.17 bits per heavy atom. The van der Waals surface area contributed by atoms with Gasteiger partial charge in [-0.3, -0.25) is 4.79 Å². The second kappa shape index (κ2) is 9.56. The molecule has 2 aromatic carbocycles. The van der Waals surface area contributed by atoms with Gasteiger partial charge in [0.15, 0.2) is 6.61 Å². The van der Waals surface area contributed by atoms with E-state index in [-0.39, 0.29) is 24.1 Å². The molecule has 6 nitrogen and oxygen atoms in total. The number of rotatable bonds is 7. The fourth-order valence-corrected chi connectivity index (χ4v) is 4.72. The number of carbonyl (C=O) groups is 1. The fraction of sp³-hybridized carbons (Fsp3) is 0.350. The van der Waals surface area contributed by atoms with Gasteiger partial charge >= 0.3 is 0 Å². The number of hydrogen-bond donors (Lipinski definition) is 1. The number of halogens is 2. The molecule has 0 bridgehead atoms. The van der Waals surface area contributed by atoms with Crippen molar-refractivity contribution in [3.8, 4) is 5.75 Å². The molecule has 156 valence electrons. The Morgan fingerprint density at radius 3 is 2.52 bits per heavy atom. The summed E-state index contributed by atoms with van der Waals surface area (Å²) in [5, 5.41) is -0.615. The first-order valence-corrected chi connectivity index (χ1v) is 11.2. The summed E-state index contributed by atoms with van der Waals surface area (Å²) in [5.41, 5.74) is 0.890. The van der Waals surface area contributed by atoms with Gasteiger partial charge in [-0.1, -0.05) is 41.9 Å². The molecule has 1 aliphatic heterocycles. The van der Waals surface area contributed by atoms with E-state index in [0.717, 1.165) is 5.56 Å². The maximum Gasteiger partial charge on any atom is 0.260 e. The highest BCUT2D eigenvalue weighted by Gasteiger charge is 2.31. The number of hydrogen-bond acceptors (Lipinski definition) is 4. The van der Waals surface area contributed by atoms with Crippen molar-refractivity contribution in [2.75, 3.05) is 19.7 Å². The quantitative estimate of drug-likeness (QED) is 0.718. The summed E-state index contributed by atoms with van der Waals surface area (Å²) in [7, 11) is -3.46. The summed E-state index contributed by atoms with van der Waals surface area (Å²) in [6.07, 6.45) is 0.719. The number of amides is 1. The molecule has 1 aliphatic rings. The van der Waals surface area contributed by atoms with Gasteiger partial charge in [0, 0.05) is 25.7 Å². The molecule has 29 heavy (non-hydrogen) atoms. The Kier molecular flexibility index (Phi) is 7.10. The lowest BCUT2D eigenvalue weighted by Crippen LogP contribution is -2.46. The molecule has 1 heterocycles. The van der Waals surface area contributed by atoms with Gasteiger partial charge in [0.05, 0.1) is 10.3 Å². The second-order valence-electron chi connectivity index (χ2n) is 6.80. The molecule has 1 N–H and O–H groups in total. The summed E-state index contributed by atoms with van der Waals surface area (Å²) in [4.78, 5) is 13.9. The molecular formula is C20H22ClFN2O4S.